The fourth-order valence-electron chi connectivity index (χ4n) is 2.96. The molecule has 0 spiro atoms. The highest BCUT2D eigenvalue weighted by Gasteiger charge is 2.24. The SMILES string of the molecule is Cc1noc(NC(=O)N2CCN(c3nc(-c4ccccc4)cs3)CC2)c1C. The Bertz CT molecular complexity index is 929. The number of carbonyl (C=O) groups excluding carboxylic acids is 1. The van der Waals surface area contributed by atoms with E-state index in [1.165, 1.54) is 0 Å². The highest BCUT2D eigenvalue weighted by Crippen LogP contribution is 2.28. The largest absolute Gasteiger partial charge is 0.345 e. The summed E-state index contributed by atoms with van der Waals surface area (Å²) in [6.07, 6.45) is 0. The van der Waals surface area contributed by atoms with Crippen molar-refractivity contribution in [2.45, 2.75) is 13.8 Å². The number of nitrogens with one attached hydrogen (secondary N) is 1. The van der Waals surface area contributed by atoms with Gasteiger partial charge in [-0.3, -0.25) is 5.32 Å². The van der Waals surface area contributed by atoms with E-state index in [2.05, 4.69) is 32.9 Å². The zero-order valence-electron chi connectivity index (χ0n) is 15.3. The van der Waals surface area contributed by atoms with Crippen LogP contribution < -0.4 is 10.2 Å². The summed E-state index contributed by atoms with van der Waals surface area (Å²) in [5, 5.41) is 9.76. The van der Waals surface area contributed by atoms with Crippen LogP contribution in [0.5, 0.6) is 0 Å². The molecule has 1 aliphatic rings. The van der Waals surface area contributed by atoms with Gasteiger partial charge in [-0.05, 0) is 13.8 Å². The molecule has 4 rings (SSSR count). The number of urea groups is 1. The van der Waals surface area contributed by atoms with Crippen molar-refractivity contribution in [3.05, 3.63) is 47.0 Å². The first-order valence-electron chi connectivity index (χ1n) is 8.86. The monoisotopic (exact) mass is 383 g/mol. The lowest BCUT2D eigenvalue weighted by molar-refractivity contribution is 0.207. The third-order valence-electron chi connectivity index (χ3n) is 4.78. The average Bonchev–Trinajstić information content (AvgIpc) is 3.32. The Morgan fingerprint density at radius 2 is 1.89 bits per heavy atom. The van der Waals surface area contributed by atoms with Crippen LogP contribution in [0, 0.1) is 13.8 Å². The number of benzene rings is 1. The third-order valence-corrected chi connectivity index (χ3v) is 5.68. The van der Waals surface area contributed by atoms with E-state index in [0.717, 1.165) is 40.7 Å². The average molecular weight is 383 g/mol. The molecule has 0 aliphatic carbocycles. The molecule has 1 N–H and O–H groups in total. The van der Waals surface area contributed by atoms with Crippen LogP contribution in [-0.2, 0) is 0 Å². The maximum atomic E-state index is 12.5. The number of anilines is 2. The van der Waals surface area contributed by atoms with Crippen LogP contribution in [0.2, 0.25) is 0 Å². The Hall–Kier alpha value is -2.87. The molecule has 0 saturated carbocycles. The summed E-state index contributed by atoms with van der Waals surface area (Å²) in [6, 6.07) is 10.0. The molecule has 0 radical (unpaired) electrons. The Morgan fingerprint density at radius 1 is 1.15 bits per heavy atom. The number of aryl methyl sites for hydroxylation is 1. The van der Waals surface area contributed by atoms with Crippen LogP contribution in [-0.4, -0.2) is 47.3 Å². The van der Waals surface area contributed by atoms with E-state index < -0.39 is 0 Å². The molecular formula is C19H21N5O2S. The molecule has 1 fully saturated rings. The quantitative estimate of drug-likeness (QED) is 0.745. The Labute approximate surface area is 161 Å². The number of aromatic nitrogens is 2. The van der Waals surface area contributed by atoms with Gasteiger partial charge in [-0.15, -0.1) is 11.3 Å². The Morgan fingerprint density at radius 3 is 2.56 bits per heavy atom. The summed E-state index contributed by atoms with van der Waals surface area (Å²) in [5.74, 6) is 0.423. The molecule has 1 aliphatic heterocycles. The highest BCUT2D eigenvalue weighted by atomic mass is 32.1. The van der Waals surface area contributed by atoms with E-state index in [9.17, 15) is 4.79 Å². The van der Waals surface area contributed by atoms with Crippen molar-refractivity contribution in [1.29, 1.82) is 0 Å². The van der Waals surface area contributed by atoms with Gasteiger partial charge in [0, 0.05) is 42.7 Å². The minimum atomic E-state index is -0.155. The van der Waals surface area contributed by atoms with Crippen LogP contribution in [0.25, 0.3) is 11.3 Å². The van der Waals surface area contributed by atoms with Gasteiger partial charge in [-0.25, -0.2) is 9.78 Å². The first-order valence-corrected chi connectivity index (χ1v) is 9.74. The summed E-state index contributed by atoms with van der Waals surface area (Å²) in [5.41, 5.74) is 3.76. The van der Waals surface area contributed by atoms with Crippen molar-refractivity contribution in [3.8, 4) is 11.3 Å². The van der Waals surface area contributed by atoms with E-state index in [1.807, 2.05) is 32.0 Å². The molecule has 0 bridgehead atoms. The first-order chi connectivity index (χ1) is 13.1. The molecular weight excluding hydrogens is 362 g/mol. The van der Waals surface area contributed by atoms with Crippen LogP contribution in [0.1, 0.15) is 11.3 Å². The summed E-state index contributed by atoms with van der Waals surface area (Å²) in [6.45, 7) is 6.51. The normalized spacial score (nSPS) is 14.4. The van der Waals surface area contributed by atoms with Gasteiger partial charge in [0.2, 0.25) is 5.88 Å². The zero-order chi connectivity index (χ0) is 18.8. The van der Waals surface area contributed by atoms with E-state index in [1.54, 1.807) is 16.2 Å². The van der Waals surface area contributed by atoms with Gasteiger partial charge in [-0.2, -0.15) is 0 Å². The molecule has 7 nitrogen and oxygen atoms in total. The summed E-state index contributed by atoms with van der Waals surface area (Å²) in [7, 11) is 0. The van der Waals surface area contributed by atoms with Crippen molar-refractivity contribution >= 4 is 28.4 Å². The highest BCUT2D eigenvalue weighted by molar-refractivity contribution is 7.14. The van der Waals surface area contributed by atoms with Gasteiger partial charge in [0.25, 0.3) is 0 Å². The minimum Gasteiger partial charge on any atom is -0.345 e. The van der Waals surface area contributed by atoms with E-state index >= 15 is 0 Å². The second-order valence-electron chi connectivity index (χ2n) is 6.51. The standard InChI is InChI=1S/C19H21N5O2S/c1-13-14(2)22-26-17(13)21-18(25)23-8-10-24(11-9-23)19-20-16(12-27-19)15-6-4-3-5-7-15/h3-7,12H,8-11H2,1-2H3,(H,21,25). The number of thiazole rings is 1. The van der Waals surface area contributed by atoms with E-state index in [-0.39, 0.29) is 6.03 Å². The molecule has 27 heavy (non-hydrogen) atoms. The van der Waals surface area contributed by atoms with E-state index in [0.29, 0.717) is 19.0 Å². The van der Waals surface area contributed by atoms with Crippen molar-refractivity contribution in [1.82, 2.24) is 15.0 Å². The lowest BCUT2D eigenvalue weighted by atomic mass is 10.2. The minimum absolute atomic E-state index is 0.155. The molecule has 3 aromatic rings. The summed E-state index contributed by atoms with van der Waals surface area (Å²) < 4.78 is 5.16. The Balaban J connectivity index is 1.36. The lowest BCUT2D eigenvalue weighted by Gasteiger charge is -2.34. The topological polar surface area (TPSA) is 74.5 Å². The molecule has 2 amide bonds. The van der Waals surface area contributed by atoms with Gasteiger partial charge in [0.1, 0.15) is 0 Å². The first kappa shape index (κ1) is 17.5. The molecule has 0 unspecified atom stereocenters. The fourth-order valence-corrected chi connectivity index (χ4v) is 3.85. The number of nitrogens with zero attached hydrogens (tertiary/aromatic N) is 4. The molecule has 3 heterocycles. The van der Waals surface area contributed by atoms with Gasteiger partial charge in [0.05, 0.1) is 11.4 Å². The van der Waals surface area contributed by atoms with Crippen molar-refractivity contribution in [2.75, 3.05) is 36.4 Å². The number of rotatable bonds is 3. The summed E-state index contributed by atoms with van der Waals surface area (Å²) in [4.78, 5) is 21.2. The van der Waals surface area contributed by atoms with Crippen LogP contribution >= 0.6 is 11.3 Å². The number of hydrogen-bond donors (Lipinski definition) is 1. The molecule has 1 aromatic carbocycles. The number of hydrogen-bond acceptors (Lipinski definition) is 6. The van der Waals surface area contributed by atoms with Crippen LogP contribution in [0.15, 0.2) is 40.2 Å². The van der Waals surface area contributed by atoms with Gasteiger partial charge in [-0.1, -0.05) is 35.5 Å². The molecule has 8 heteroatoms. The maximum absolute atomic E-state index is 12.5. The van der Waals surface area contributed by atoms with Gasteiger partial charge in [0.15, 0.2) is 5.13 Å². The van der Waals surface area contributed by atoms with Gasteiger partial charge >= 0.3 is 6.03 Å². The zero-order valence-corrected chi connectivity index (χ0v) is 16.1. The Kier molecular flexibility index (Phi) is 4.81. The number of carbonyl (C=O) groups is 1. The van der Waals surface area contributed by atoms with Crippen molar-refractivity contribution < 1.29 is 9.32 Å². The third kappa shape index (κ3) is 3.66. The number of amides is 2. The maximum Gasteiger partial charge on any atom is 0.324 e. The predicted molar refractivity (Wildman–Crippen MR) is 106 cm³/mol. The van der Waals surface area contributed by atoms with Crippen LogP contribution in [0.3, 0.4) is 0 Å². The molecule has 2 aromatic heterocycles. The fraction of sp³-hybridized carbons (Fsp3) is 0.316. The van der Waals surface area contributed by atoms with E-state index in [4.69, 9.17) is 9.51 Å². The van der Waals surface area contributed by atoms with Crippen molar-refractivity contribution in [3.63, 3.8) is 0 Å². The lowest BCUT2D eigenvalue weighted by Crippen LogP contribution is -2.50. The molecule has 140 valence electrons. The van der Waals surface area contributed by atoms with Crippen molar-refractivity contribution in [2.24, 2.45) is 0 Å². The predicted octanol–water partition coefficient (Wildman–Crippen LogP) is 3.77. The summed E-state index contributed by atoms with van der Waals surface area (Å²) >= 11 is 1.64. The smallest absolute Gasteiger partial charge is 0.324 e. The second kappa shape index (κ2) is 7.40. The molecule has 0 atom stereocenters. The van der Waals surface area contributed by atoms with Gasteiger partial charge < -0.3 is 14.3 Å². The molecule has 1 saturated heterocycles. The number of piperazine rings is 1. The van der Waals surface area contributed by atoms with Crippen LogP contribution in [0.4, 0.5) is 15.8 Å². The second-order valence-corrected chi connectivity index (χ2v) is 7.34.